The molecule has 0 radical (unpaired) electrons. The van der Waals surface area contributed by atoms with Crippen LogP contribution in [0.1, 0.15) is 38.8 Å². The molecule has 0 atom stereocenters. The molecule has 2 nitrogen and oxygen atoms in total. The molecule has 0 spiro atoms. The molecular formula is C16H20N2. The van der Waals surface area contributed by atoms with Crippen molar-refractivity contribution in [1.29, 1.82) is 0 Å². The average Bonchev–Trinajstić information content (AvgIpc) is 2.38. The Bertz CT molecular complexity index is 504. The molecule has 0 aliphatic carbocycles. The SMILES string of the molecule is CCc1ccc(-c2ncc(C(C)(C)C)cn2)cc1. The second kappa shape index (κ2) is 4.89. The van der Waals surface area contributed by atoms with Gasteiger partial charge in [-0.2, -0.15) is 0 Å². The summed E-state index contributed by atoms with van der Waals surface area (Å²) in [4.78, 5) is 8.92. The van der Waals surface area contributed by atoms with Crippen molar-refractivity contribution in [2.24, 2.45) is 0 Å². The standard InChI is InChI=1S/C16H20N2/c1-5-12-6-8-13(9-7-12)15-17-10-14(11-18-15)16(2,3)4/h6-11H,5H2,1-4H3. The van der Waals surface area contributed by atoms with Crippen LogP contribution in [0.15, 0.2) is 36.7 Å². The quantitative estimate of drug-likeness (QED) is 0.792. The Hall–Kier alpha value is -1.70. The van der Waals surface area contributed by atoms with Gasteiger partial charge in [0, 0.05) is 18.0 Å². The summed E-state index contributed by atoms with van der Waals surface area (Å²) in [5.74, 6) is 0.797. The lowest BCUT2D eigenvalue weighted by molar-refractivity contribution is 0.584. The smallest absolute Gasteiger partial charge is 0.159 e. The molecule has 0 N–H and O–H groups in total. The van der Waals surface area contributed by atoms with Crippen LogP contribution in [0.4, 0.5) is 0 Å². The zero-order chi connectivity index (χ0) is 13.2. The first-order valence-corrected chi connectivity index (χ1v) is 6.42. The third-order valence-corrected chi connectivity index (χ3v) is 3.14. The van der Waals surface area contributed by atoms with Crippen molar-refractivity contribution in [3.05, 3.63) is 47.8 Å². The Kier molecular flexibility index (Phi) is 3.46. The molecule has 1 aromatic carbocycles. The van der Waals surface area contributed by atoms with Gasteiger partial charge in [0.25, 0.3) is 0 Å². The molecule has 0 saturated heterocycles. The minimum atomic E-state index is 0.102. The zero-order valence-corrected chi connectivity index (χ0v) is 11.6. The third kappa shape index (κ3) is 2.76. The summed E-state index contributed by atoms with van der Waals surface area (Å²) in [5.41, 5.74) is 3.68. The molecule has 2 heteroatoms. The predicted octanol–water partition coefficient (Wildman–Crippen LogP) is 4.00. The molecular weight excluding hydrogens is 220 g/mol. The molecule has 0 aliphatic rings. The van der Waals surface area contributed by atoms with Gasteiger partial charge in [-0.25, -0.2) is 9.97 Å². The van der Waals surface area contributed by atoms with Crippen LogP contribution in [0.3, 0.4) is 0 Å². The van der Waals surface area contributed by atoms with Crippen molar-refractivity contribution < 1.29 is 0 Å². The van der Waals surface area contributed by atoms with Crippen molar-refractivity contribution in [3.63, 3.8) is 0 Å². The number of hydrogen-bond donors (Lipinski definition) is 0. The van der Waals surface area contributed by atoms with Crippen molar-refractivity contribution >= 4 is 0 Å². The maximum atomic E-state index is 4.46. The Morgan fingerprint density at radius 2 is 1.50 bits per heavy atom. The largest absolute Gasteiger partial charge is 0.236 e. The molecule has 18 heavy (non-hydrogen) atoms. The number of hydrogen-bond acceptors (Lipinski definition) is 2. The number of benzene rings is 1. The lowest BCUT2D eigenvalue weighted by Crippen LogP contribution is -2.12. The number of aromatic nitrogens is 2. The van der Waals surface area contributed by atoms with Crippen LogP contribution in [-0.2, 0) is 11.8 Å². The summed E-state index contributed by atoms with van der Waals surface area (Å²) < 4.78 is 0. The Balaban J connectivity index is 2.28. The molecule has 2 rings (SSSR count). The monoisotopic (exact) mass is 240 g/mol. The van der Waals surface area contributed by atoms with Gasteiger partial charge in [0.15, 0.2) is 5.82 Å². The van der Waals surface area contributed by atoms with E-state index in [2.05, 4.69) is 61.9 Å². The minimum Gasteiger partial charge on any atom is -0.236 e. The molecule has 0 amide bonds. The van der Waals surface area contributed by atoms with Crippen LogP contribution in [0.2, 0.25) is 0 Å². The van der Waals surface area contributed by atoms with E-state index < -0.39 is 0 Å². The third-order valence-electron chi connectivity index (χ3n) is 3.14. The van der Waals surface area contributed by atoms with Crippen LogP contribution in [0, 0.1) is 0 Å². The van der Waals surface area contributed by atoms with Crippen molar-refractivity contribution in [2.75, 3.05) is 0 Å². The highest BCUT2D eigenvalue weighted by Crippen LogP contribution is 2.22. The molecule has 0 saturated carbocycles. The number of aryl methyl sites for hydroxylation is 1. The van der Waals surface area contributed by atoms with Crippen molar-refractivity contribution in [3.8, 4) is 11.4 Å². The summed E-state index contributed by atoms with van der Waals surface area (Å²) in [7, 11) is 0. The van der Waals surface area contributed by atoms with E-state index in [1.165, 1.54) is 5.56 Å². The Labute approximate surface area is 109 Å². The van der Waals surface area contributed by atoms with E-state index in [4.69, 9.17) is 0 Å². The second-order valence-corrected chi connectivity index (χ2v) is 5.60. The average molecular weight is 240 g/mol. The van der Waals surface area contributed by atoms with Crippen LogP contribution in [0.25, 0.3) is 11.4 Å². The molecule has 1 aromatic heterocycles. The molecule has 2 aromatic rings. The van der Waals surface area contributed by atoms with E-state index in [1.54, 1.807) is 0 Å². The van der Waals surface area contributed by atoms with E-state index in [0.29, 0.717) is 0 Å². The maximum Gasteiger partial charge on any atom is 0.159 e. The van der Waals surface area contributed by atoms with Gasteiger partial charge in [0.1, 0.15) is 0 Å². The van der Waals surface area contributed by atoms with Crippen LogP contribution >= 0.6 is 0 Å². The summed E-state index contributed by atoms with van der Waals surface area (Å²) >= 11 is 0. The van der Waals surface area contributed by atoms with Gasteiger partial charge in [0.05, 0.1) is 0 Å². The van der Waals surface area contributed by atoms with E-state index in [1.807, 2.05) is 12.4 Å². The maximum absolute atomic E-state index is 4.46. The summed E-state index contributed by atoms with van der Waals surface area (Å²) in [6, 6.07) is 8.45. The predicted molar refractivity (Wildman–Crippen MR) is 75.5 cm³/mol. The van der Waals surface area contributed by atoms with Crippen LogP contribution < -0.4 is 0 Å². The fourth-order valence-corrected chi connectivity index (χ4v) is 1.75. The van der Waals surface area contributed by atoms with Gasteiger partial charge in [-0.1, -0.05) is 52.0 Å². The molecule has 0 aliphatic heterocycles. The molecule has 0 unspecified atom stereocenters. The summed E-state index contributed by atoms with van der Waals surface area (Å²) in [6.07, 6.45) is 4.91. The van der Waals surface area contributed by atoms with Gasteiger partial charge in [-0.15, -0.1) is 0 Å². The molecule has 94 valence electrons. The van der Waals surface area contributed by atoms with E-state index in [-0.39, 0.29) is 5.41 Å². The Morgan fingerprint density at radius 1 is 0.944 bits per heavy atom. The van der Waals surface area contributed by atoms with Crippen LogP contribution in [0.5, 0.6) is 0 Å². The van der Waals surface area contributed by atoms with Gasteiger partial charge in [-0.3, -0.25) is 0 Å². The van der Waals surface area contributed by atoms with E-state index in [0.717, 1.165) is 23.4 Å². The highest BCUT2D eigenvalue weighted by Gasteiger charge is 2.14. The fourth-order valence-electron chi connectivity index (χ4n) is 1.75. The van der Waals surface area contributed by atoms with Gasteiger partial charge >= 0.3 is 0 Å². The molecule has 0 fully saturated rings. The summed E-state index contributed by atoms with van der Waals surface area (Å²) in [6.45, 7) is 8.66. The second-order valence-electron chi connectivity index (χ2n) is 5.60. The van der Waals surface area contributed by atoms with Crippen molar-refractivity contribution in [1.82, 2.24) is 9.97 Å². The fraction of sp³-hybridized carbons (Fsp3) is 0.375. The number of rotatable bonds is 2. The molecule has 0 bridgehead atoms. The Morgan fingerprint density at radius 3 is 1.94 bits per heavy atom. The normalized spacial score (nSPS) is 11.6. The number of nitrogens with zero attached hydrogens (tertiary/aromatic N) is 2. The highest BCUT2D eigenvalue weighted by atomic mass is 14.9. The van der Waals surface area contributed by atoms with Gasteiger partial charge in [0.2, 0.25) is 0 Å². The topological polar surface area (TPSA) is 25.8 Å². The first kappa shape index (κ1) is 12.7. The first-order chi connectivity index (χ1) is 8.50. The lowest BCUT2D eigenvalue weighted by Gasteiger charge is -2.17. The minimum absolute atomic E-state index is 0.102. The molecule has 1 heterocycles. The van der Waals surface area contributed by atoms with Gasteiger partial charge in [-0.05, 0) is 23.0 Å². The van der Waals surface area contributed by atoms with Crippen molar-refractivity contribution in [2.45, 2.75) is 39.5 Å². The van der Waals surface area contributed by atoms with Crippen LogP contribution in [-0.4, -0.2) is 9.97 Å². The van der Waals surface area contributed by atoms with E-state index >= 15 is 0 Å². The highest BCUT2D eigenvalue weighted by molar-refractivity contribution is 5.55. The first-order valence-electron chi connectivity index (χ1n) is 6.42. The lowest BCUT2D eigenvalue weighted by atomic mass is 9.89. The summed E-state index contributed by atoms with van der Waals surface area (Å²) in [5, 5.41) is 0. The van der Waals surface area contributed by atoms with E-state index in [9.17, 15) is 0 Å². The zero-order valence-electron chi connectivity index (χ0n) is 11.6. The van der Waals surface area contributed by atoms with Gasteiger partial charge < -0.3 is 0 Å².